The van der Waals surface area contributed by atoms with E-state index in [1.807, 2.05) is 0 Å². The maximum absolute atomic E-state index is 3.66. The fourth-order valence-corrected chi connectivity index (χ4v) is 3.60. The lowest BCUT2D eigenvalue weighted by molar-refractivity contribution is 1.53. The first-order chi connectivity index (χ1) is 12.4. The molecular weight excluding hydrogens is 302 g/mol. The summed E-state index contributed by atoms with van der Waals surface area (Å²) in [5.74, 6) is 0. The van der Waals surface area contributed by atoms with Gasteiger partial charge in [-0.3, -0.25) is 0 Å². The third-order valence-electron chi connectivity index (χ3n) is 4.83. The Morgan fingerprint density at radius 1 is 0.480 bits per heavy atom. The van der Waals surface area contributed by atoms with Crippen LogP contribution in [0.4, 0.5) is 0 Å². The Balaban J connectivity index is 1.76. The number of H-pyrrole nitrogens is 1. The van der Waals surface area contributed by atoms with Gasteiger partial charge in [-0.2, -0.15) is 0 Å². The second-order valence-electron chi connectivity index (χ2n) is 6.35. The lowest BCUT2D eigenvalue weighted by Crippen LogP contribution is -1.79. The molecule has 0 fully saturated rings. The Hall–Kier alpha value is -3.32. The van der Waals surface area contributed by atoms with Crippen LogP contribution < -0.4 is 0 Å². The van der Waals surface area contributed by atoms with Crippen molar-refractivity contribution in [2.75, 3.05) is 0 Å². The van der Waals surface area contributed by atoms with Crippen LogP contribution in [0.1, 0.15) is 0 Å². The minimum Gasteiger partial charge on any atom is -0.354 e. The van der Waals surface area contributed by atoms with Gasteiger partial charge < -0.3 is 4.98 Å². The topological polar surface area (TPSA) is 15.8 Å². The molecule has 0 atom stereocenters. The number of fused-ring (bicyclic) bond motifs is 3. The molecule has 5 rings (SSSR count). The van der Waals surface area contributed by atoms with Crippen molar-refractivity contribution in [2.45, 2.75) is 0 Å². The molecule has 25 heavy (non-hydrogen) atoms. The normalized spacial score (nSPS) is 11.2. The van der Waals surface area contributed by atoms with E-state index < -0.39 is 0 Å². The molecule has 0 saturated carbocycles. The maximum atomic E-state index is 3.66. The van der Waals surface area contributed by atoms with E-state index in [0.717, 1.165) is 0 Å². The molecule has 1 heterocycles. The van der Waals surface area contributed by atoms with E-state index in [0.29, 0.717) is 0 Å². The van der Waals surface area contributed by atoms with Crippen LogP contribution in [0.25, 0.3) is 44.1 Å². The summed E-state index contributed by atoms with van der Waals surface area (Å²) in [6.07, 6.45) is 0. The highest BCUT2D eigenvalue weighted by atomic mass is 14.7. The van der Waals surface area contributed by atoms with E-state index in [2.05, 4.69) is 102 Å². The summed E-state index contributed by atoms with van der Waals surface area (Å²) in [7, 11) is 0. The Kier molecular flexibility index (Phi) is 3.17. The number of hydrogen-bond donors (Lipinski definition) is 1. The molecule has 0 unspecified atom stereocenters. The van der Waals surface area contributed by atoms with Gasteiger partial charge in [-0.05, 0) is 22.8 Å². The highest BCUT2D eigenvalue weighted by Crippen LogP contribution is 2.34. The van der Waals surface area contributed by atoms with Crippen LogP contribution in [0.15, 0.2) is 97.1 Å². The van der Waals surface area contributed by atoms with E-state index in [4.69, 9.17) is 0 Å². The predicted octanol–water partition coefficient (Wildman–Crippen LogP) is 6.66. The van der Waals surface area contributed by atoms with E-state index in [-0.39, 0.29) is 0 Å². The number of hydrogen-bond acceptors (Lipinski definition) is 0. The first-order valence-electron chi connectivity index (χ1n) is 8.55. The monoisotopic (exact) mass is 319 g/mol. The second-order valence-corrected chi connectivity index (χ2v) is 6.35. The van der Waals surface area contributed by atoms with Gasteiger partial charge in [0.05, 0.1) is 5.52 Å². The van der Waals surface area contributed by atoms with Crippen LogP contribution in [0.5, 0.6) is 0 Å². The summed E-state index contributed by atoms with van der Waals surface area (Å²) in [6, 6.07) is 34.3. The third-order valence-corrected chi connectivity index (χ3v) is 4.83. The van der Waals surface area contributed by atoms with Gasteiger partial charge in [0.1, 0.15) is 0 Å². The van der Waals surface area contributed by atoms with Crippen molar-refractivity contribution in [3.8, 4) is 22.3 Å². The van der Waals surface area contributed by atoms with E-state index >= 15 is 0 Å². The minimum atomic E-state index is 1.18. The molecule has 1 heteroatoms. The van der Waals surface area contributed by atoms with Gasteiger partial charge >= 0.3 is 0 Å². The van der Waals surface area contributed by atoms with Gasteiger partial charge in [-0.15, -0.1) is 0 Å². The van der Waals surface area contributed by atoms with Crippen molar-refractivity contribution in [3.05, 3.63) is 97.1 Å². The van der Waals surface area contributed by atoms with Crippen molar-refractivity contribution >= 4 is 21.8 Å². The summed E-state index contributed by atoms with van der Waals surface area (Å²) in [6.45, 7) is 0. The van der Waals surface area contributed by atoms with Gasteiger partial charge in [-0.25, -0.2) is 0 Å². The average molecular weight is 319 g/mol. The summed E-state index contributed by atoms with van der Waals surface area (Å²) in [5.41, 5.74) is 7.35. The molecule has 0 bridgehead atoms. The number of benzene rings is 4. The largest absolute Gasteiger partial charge is 0.354 e. The number of rotatable bonds is 2. The fourth-order valence-electron chi connectivity index (χ4n) is 3.60. The molecule has 0 spiro atoms. The quantitative estimate of drug-likeness (QED) is 0.374. The molecule has 0 aliphatic carbocycles. The van der Waals surface area contributed by atoms with Crippen LogP contribution in [-0.4, -0.2) is 4.98 Å². The van der Waals surface area contributed by atoms with Crippen molar-refractivity contribution in [3.63, 3.8) is 0 Å². The van der Waals surface area contributed by atoms with Gasteiger partial charge in [0.15, 0.2) is 0 Å². The maximum Gasteiger partial charge on any atom is 0.0544 e. The average Bonchev–Trinajstić information content (AvgIpc) is 3.07. The first-order valence-corrected chi connectivity index (χ1v) is 8.55. The highest BCUT2D eigenvalue weighted by molar-refractivity contribution is 6.12. The number of aromatic amines is 1. The van der Waals surface area contributed by atoms with Gasteiger partial charge in [0, 0.05) is 21.9 Å². The van der Waals surface area contributed by atoms with Crippen LogP contribution in [0, 0.1) is 0 Å². The van der Waals surface area contributed by atoms with E-state index in [9.17, 15) is 0 Å². The van der Waals surface area contributed by atoms with E-state index in [1.54, 1.807) is 0 Å². The third kappa shape index (κ3) is 2.33. The smallest absolute Gasteiger partial charge is 0.0544 e. The van der Waals surface area contributed by atoms with Crippen LogP contribution in [-0.2, 0) is 0 Å². The summed E-state index contributed by atoms with van der Waals surface area (Å²) in [4.78, 5) is 3.66. The van der Waals surface area contributed by atoms with Crippen LogP contribution in [0.2, 0.25) is 0 Å². The lowest BCUT2D eigenvalue weighted by atomic mass is 10.0. The Morgan fingerprint density at radius 2 is 1.20 bits per heavy atom. The highest BCUT2D eigenvalue weighted by Gasteiger charge is 2.10. The van der Waals surface area contributed by atoms with E-state index in [1.165, 1.54) is 44.1 Å². The van der Waals surface area contributed by atoms with Crippen LogP contribution in [0.3, 0.4) is 0 Å². The predicted molar refractivity (Wildman–Crippen MR) is 107 cm³/mol. The van der Waals surface area contributed by atoms with Crippen molar-refractivity contribution in [1.82, 2.24) is 4.98 Å². The summed E-state index contributed by atoms with van der Waals surface area (Å²) < 4.78 is 0. The number of nitrogens with one attached hydrogen (secondary N) is 1. The zero-order valence-corrected chi connectivity index (χ0v) is 13.7. The number of para-hydroxylation sites is 1. The number of aromatic nitrogens is 1. The summed E-state index contributed by atoms with van der Waals surface area (Å²) >= 11 is 0. The molecule has 0 amide bonds. The zero-order chi connectivity index (χ0) is 16.6. The molecular formula is C24H17N. The molecule has 0 radical (unpaired) electrons. The van der Waals surface area contributed by atoms with Gasteiger partial charge in [0.2, 0.25) is 0 Å². The SMILES string of the molecule is c1ccc(-c2ccc3c(c2)[nH]c2c(-c4ccccc4)cccc23)cc1. The molecule has 4 aromatic carbocycles. The van der Waals surface area contributed by atoms with Gasteiger partial charge in [0.25, 0.3) is 0 Å². The Morgan fingerprint density at radius 3 is 1.96 bits per heavy atom. The Labute approximate surface area is 146 Å². The molecule has 1 nitrogen and oxygen atoms in total. The van der Waals surface area contributed by atoms with Crippen LogP contribution >= 0.6 is 0 Å². The van der Waals surface area contributed by atoms with Crippen molar-refractivity contribution in [1.29, 1.82) is 0 Å². The molecule has 5 aromatic rings. The minimum absolute atomic E-state index is 1.18. The first kappa shape index (κ1) is 14.1. The van der Waals surface area contributed by atoms with Crippen molar-refractivity contribution < 1.29 is 0 Å². The second kappa shape index (κ2) is 5.64. The Bertz CT molecular complexity index is 1170. The standard InChI is InChI=1S/C24H17N/c1-3-8-17(9-4-1)19-14-15-21-22-13-7-12-20(18-10-5-2-6-11-18)24(22)25-23(21)16-19/h1-16,25H. The van der Waals surface area contributed by atoms with Crippen molar-refractivity contribution in [2.24, 2.45) is 0 Å². The molecule has 0 saturated heterocycles. The fraction of sp³-hybridized carbons (Fsp3) is 0. The molecule has 1 aromatic heterocycles. The summed E-state index contributed by atoms with van der Waals surface area (Å²) in [5, 5.41) is 2.54. The lowest BCUT2D eigenvalue weighted by Gasteiger charge is -2.03. The van der Waals surface area contributed by atoms with Gasteiger partial charge in [-0.1, -0.05) is 91.0 Å². The molecule has 118 valence electrons. The molecule has 0 aliphatic rings. The molecule has 0 aliphatic heterocycles. The zero-order valence-electron chi connectivity index (χ0n) is 13.7. The molecule has 1 N–H and O–H groups in total.